The van der Waals surface area contributed by atoms with E-state index in [0.29, 0.717) is 5.69 Å². The van der Waals surface area contributed by atoms with E-state index in [1.54, 1.807) is 36.4 Å². The zero-order valence-electron chi connectivity index (χ0n) is 13.5. The van der Waals surface area contributed by atoms with Crippen molar-refractivity contribution in [3.05, 3.63) is 77.9 Å². The molecule has 0 amide bonds. The number of rotatable bonds is 4. The second kappa shape index (κ2) is 7.96. The van der Waals surface area contributed by atoms with Crippen LogP contribution in [0, 0.1) is 0 Å². The average molecular weight is 440 g/mol. The summed E-state index contributed by atoms with van der Waals surface area (Å²) in [5, 5.41) is 17.9. The Morgan fingerprint density at radius 1 is 0.654 bits per heavy atom. The maximum atomic E-state index is 10.9. The van der Waals surface area contributed by atoms with Crippen molar-refractivity contribution in [2.75, 3.05) is 5.73 Å². The molecule has 0 atom stereocenters. The van der Waals surface area contributed by atoms with Gasteiger partial charge in [0, 0.05) is 31.7 Å². The Kier molecular flexibility index (Phi) is 5.94. The van der Waals surface area contributed by atoms with Gasteiger partial charge in [0.1, 0.15) is 0 Å². The molecule has 0 saturated carbocycles. The SMILES string of the molecule is Nc1cc(-c2ccc(C(=O)O)cc2)ccc1-c1ccc(C(=O)O)cc1.[Pd]. The summed E-state index contributed by atoms with van der Waals surface area (Å²) in [5.41, 5.74) is 10.5. The Hall–Kier alpha value is -2.94. The molecule has 5 nitrogen and oxygen atoms in total. The van der Waals surface area contributed by atoms with Gasteiger partial charge in [0.2, 0.25) is 0 Å². The van der Waals surface area contributed by atoms with Crippen molar-refractivity contribution >= 4 is 17.6 Å². The fourth-order valence-electron chi connectivity index (χ4n) is 2.60. The molecule has 134 valence electrons. The third-order valence-corrected chi connectivity index (χ3v) is 3.96. The minimum absolute atomic E-state index is 0. The number of nitrogens with two attached hydrogens (primary N) is 1. The van der Waals surface area contributed by atoms with Crippen molar-refractivity contribution in [1.29, 1.82) is 0 Å². The maximum Gasteiger partial charge on any atom is 0.335 e. The summed E-state index contributed by atoms with van der Waals surface area (Å²) < 4.78 is 0. The Balaban J connectivity index is 0.00000243. The molecule has 0 aromatic heterocycles. The molecule has 26 heavy (non-hydrogen) atoms. The van der Waals surface area contributed by atoms with Gasteiger partial charge in [-0.3, -0.25) is 0 Å². The van der Waals surface area contributed by atoms with Crippen molar-refractivity contribution < 1.29 is 40.2 Å². The Morgan fingerprint density at radius 3 is 1.50 bits per heavy atom. The van der Waals surface area contributed by atoms with Crippen LogP contribution >= 0.6 is 0 Å². The predicted octanol–water partition coefficient (Wildman–Crippen LogP) is 4.00. The molecular weight excluding hydrogens is 425 g/mol. The quantitative estimate of drug-likeness (QED) is 0.421. The van der Waals surface area contributed by atoms with Crippen LogP contribution in [-0.4, -0.2) is 22.2 Å². The van der Waals surface area contributed by atoms with E-state index in [1.165, 1.54) is 12.1 Å². The molecule has 0 saturated heterocycles. The number of nitrogen functional groups attached to an aromatic ring is 1. The summed E-state index contributed by atoms with van der Waals surface area (Å²) in [6.07, 6.45) is 0. The van der Waals surface area contributed by atoms with Gasteiger partial charge in [-0.25, -0.2) is 9.59 Å². The van der Waals surface area contributed by atoms with Crippen LogP contribution in [0.3, 0.4) is 0 Å². The van der Waals surface area contributed by atoms with Crippen molar-refractivity contribution in [2.45, 2.75) is 0 Å². The number of carboxylic acid groups (broad SMARTS) is 2. The molecule has 6 heteroatoms. The first kappa shape index (κ1) is 19.4. The van der Waals surface area contributed by atoms with Gasteiger partial charge in [0.15, 0.2) is 0 Å². The first-order chi connectivity index (χ1) is 12.0. The Bertz CT molecular complexity index is 951. The van der Waals surface area contributed by atoms with Gasteiger partial charge < -0.3 is 15.9 Å². The van der Waals surface area contributed by atoms with Gasteiger partial charge in [-0.05, 0) is 47.0 Å². The first-order valence-corrected chi connectivity index (χ1v) is 7.52. The molecule has 0 radical (unpaired) electrons. The molecule has 0 bridgehead atoms. The van der Waals surface area contributed by atoms with Crippen LogP contribution in [0.15, 0.2) is 66.7 Å². The van der Waals surface area contributed by atoms with E-state index in [0.717, 1.165) is 22.3 Å². The Labute approximate surface area is 163 Å². The molecule has 0 fully saturated rings. The summed E-state index contributed by atoms with van der Waals surface area (Å²) in [6.45, 7) is 0. The van der Waals surface area contributed by atoms with Crippen molar-refractivity contribution in [3.8, 4) is 22.3 Å². The summed E-state index contributed by atoms with van der Waals surface area (Å²) in [6, 6.07) is 18.7. The van der Waals surface area contributed by atoms with Gasteiger partial charge in [-0.15, -0.1) is 0 Å². The number of carboxylic acids is 2. The normalized spacial score (nSPS) is 10.0. The van der Waals surface area contributed by atoms with Gasteiger partial charge in [-0.1, -0.05) is 36.4 Å². The molecule has 0 aliphatic heterocycles. The van der Waals surface area contributed by atoms with E-state index in [9.17, 15) is 9.59 Å². The number of carbonyl (C=O) groups is 2. The van der Waals surface area contributed by atoms with Crippen molar-refractivity contribution in [1.82, 2.24) is 0 Å². The van der Waals surface area contributed by atoms with Crippen LogP contribution in [-0.2, 0) is 20.4 Å². The standard InChI is InChI=1S/C20H15NO4.Pd/c21-18-11-16(12-1-5-14(6-2-12)19(22)23)9-10-17(18)13-3-7-15(8-4-13)20(24)25;/h1-11H,21H2,(H,22,23)(H,24,25);. The topological polar surface area (TPSA) is 101 Å². The summed E-state index contributed by atoms with van der Waals surface area (Å²) in [7, 11) is 0. The van der Waals surface area contributed by atoms with Crippen LogP contribution in [0.25, 0.3) is 22.3 Å². The summed E-state index contributed by atoms with van der Waals surface area (Å²) >= 11 is 0. The van der Waals surface area contributed by atoms with Crippen LogP contribution in [0.5, 0.6) is 0 Å². The van der Waals surface area contributed by atoms with Crippen LogP contribution < -0.4 is 5.73 Å². The number of aromatic carboxylic acids is 2. The van der Waals surface area contributed by atoms with E-state index in [1.807, 2.05) is 18.2 Å². The summed E-state index contributed by atoms with van der Waals surface area (Å²) in [4.78, 5) is 21.8. The van der Waals surface area contributed by atoms with E-state index in [-0.39, 0.29) is 31.5 Å². The number of anilines is 1. The molecule has 0 aliphatic rings. The fourth-order valence-corrected chi connectivity index (χ4v) is 2.60. The molecule has 0 spiro atoms. The first-order valence-electron chi connectivity index (χ1n) is 7.52. The maximum absolute atomic E-state index is 10.9. The minimum Gasteiger partial charge on any atom is -0.478 e. The van der Waals surface area contributed by atoms with Crippen LogP contribution in [0.4, 0.5) is 5.69 Å². The monoisotopic (exact) mass is 439 g/mol. The average Bonchev–Trinajstić information content (AvgIpc) is 2.62. The Morgan fingerprint density at radius 2 is 1.08 bits per heavy atom. The van der Waals surface area contributed by atoms with Crippen molar-refractivity contribution in [3.63, 3.8) is 0 Å². The van der Waals surface area contributed by atoms with E-state index < -0.39 is 11.9 Å². The van der Waals surface area contributed by atoms with E-state index in [2.05, 4.69) is 0 Å². The molecular formula is C20H15NO4Pd. The third kappa shape index (κ3) is 4.00. The van der Waals surface area contributed by atoms with Crippen molar-refractivity contribution in [2.24, 2.45) is 0 Å². The zero-order chi connectivity index (χ0) is 18.0. The van der Waals surface area contributed by atoms with E-state index >= 15 is 0 Å². The minimum atomic E-state index is -0.973. The number of hydrogen-bond acceptors (Lipinski definition) is 3. The molecule has 3 aromatic rings. The molecule has 3 rings (SSSR count). The molecule has 0 heterocycles. The molecule has 0 aliphatic carbocycles. The number of benzene rings is 3. The van der Waals surface area contributed by atoms with Gasteiger partial charge >= 0.3 is 11.9 Å². The smallest absolute Gasteiger partial charge is 0.335 e. The summed E-state index contributed by atoms with van der Waals surface area (Å²) in [5.74, 6) is -1.94. The third-order valence-electron chi connectivity index (χ3n) is 3.96. The molecule has 4 N–H and O–H groups in total. The zero-order valence-corrected chi connectivity index (χ0v) is 15.0. The predicted molar refractivity (Wildman–Crippen MR) is 95.6 cm³/mol. The second-order valence-corrected chi connectivity index (χ2v) is 5.57. The second-order valence-electron chi connectivity index (χ2n) is 5.57. The largest absolute Gasteiger partial charge is 0.478 e. The van der Waals surface area contributed by atoms with Gasteiger partial charge in [0.25, 0.3) is 0 Å². The molecule has 3 aromatic carbocycles. The molecule has 0 unspecified atom stereocenters. The van der Waals surface area contributed by atoms with Crippen LogP contribution in [0.2, 0.25) is 0 Å². The van der Waals surface area contributed by atoms with E-state index in [4.69, 9.17) is 15.9 Å². The fraction of sp³-hybridized carbons (Fsp3) is 0. The van der Waals surface area contributed by atoms with Gasteiger partial charge in [0.05, 0.1) is 11.1 Å². The number of hydrogen-bond donors (Lipinski definition) is 3. The van der Waals surface area contributed by atoms with Gasteiger partial charge in [-0.2, -0.15) is 0 Å². The van der Waals surface area contributed by atoms with Crippen LogP contribution in [0.1, 0.15) is 20.7 Å².